The number of anilines is 1. The lowest BCUT2D eigenvalue weighted by Crippen LogP contribution is -2.20. The van der Waals surface area contributed by atoms with Gasteiger partial charge in [0.05, 0.1) is 0 Å². The van der Waals surface area contributed by atoms with Gasteiger partial charge in [0.25, 0.3) is 0 Å². The second-order valence-corrected chi connectivity index (χ2v) is 5.64. The molecule has 0 N–H and O–H groups in total. The fourth-order valence-electron chi connectivity index (χ4n) is 1.21. The fourth-order valence-corrected chi connectivity index (χ4v) is 1.56. The molecule has 0 aliphatic rings. The molecule has 0 atom stereocenters. The van der Waals surface area contributed by atoms with Gasteiger partial charge in [0.1, 0.15) is 0 Å². The van der Waals surface area contributed by atoms with Crippen LogP contribution in [-0.4, -0.2) is 34.2 Å². The number of hydrogen-bond acceptors (Lipinski definition) is 3. The van der Waals surface area contributed by atoms with Gasteiger partial charge >= 0.3 is 15.5 Å². The second kappa shape index (κ2) is 6.08. The number of sulfonamides is 1. The Morgan fingerprint density at radius 1 is 1.15 bits per heavy atom. The maximum absolute atomic E-state index is 12.0. The fraction of sp³-hybridized carbons (Fsp3) is 0.250. The van der Waals surface area contributed by atoms with Crippen molar-refractivity contribution in [2.45, 2.75) is 5.51 Å². The lowest BCUT2D eigenvalue weighted by Gasteiger charge is -2.11. The van der Waals surface area contributed by atoms with Crippen molar-refractivity contribution in [3.8, 4) is 0 Å². The number of benzene rings is 1. The molecule has 0 unspecified atom stereocenters. The monoisotopic (exact) mass is 306 g/mol. The normalized spacial score (nSPS) is 13.2. The van der Waals surface area contributed by atoms with Crippen LogP contribution in [0.2, 0.25) is 0 Å². The highest BCUT2D eigenvalue weighted by Gasteiger charge is 2.45. The summed E-state index contributed by atoms with van der Waals surface area (Å²) in [5, 5.41) is 0. The van der Waals surface area contributed by atoms with E-state index in [9.17, 15) is 21.6 Å². The molecule has 8 heteroatoms. The van der Waals surface area contributed by atoms with Crippen LogP contribution in [-0.2, 0) is 10.0 Å². The van der Waals surface area contributed by atoms with Gasteiger partial charge in [-0.1, -0.05) is 18.2 Å². The minimum Gasteiger partial charge on any atom is -0.378 e. The molecule has 0 aliphatic carbocycles. The molecule has 1 rings (SSSR count). The first-order valence-corrected chi connectivity index (χ1v) is 6.88. The van der Waals surface area contributed by atoms with Crippen molar-refractivity contribution in [2.24, 2.45) is 4.40 Å². The van der Waals surface area contributed by atoms with Crippen LogP contribution >= 0.6 is 0 Å². The van der Waals surface area contributed by atoms with E-state index in [4.69, 9.17) is 0 Å². The quantitative estimate of drug-likeness (QED) is 0.804. The molecule has 4 nitrogen and oxygen atoms in total. The molecule has 1 aromatic rings. The average molecular weight is 306 g/mol. The molecular formula is C12H13F3N2O2S. The van der Waals surface area contributed by atoms with Gasteiger partial charge in [0.15, 0.2) is 0 Å². The molecule has 0 radical (unpaired) electrons. The van der Waals surface area contributed by atoms with Gasteiger partial charge in [-0.2, -0.15) is 26.0 Å². The van der Waals surface area contributed by atoms with Crippen molar-refractivity contribution < 1.29 is 21.6 Å². The van der Waals surface area contributed by atoms with E-state index in [2.05, 4.69) is 4.40 Å². The first-order chi connectivity index (χ1) is 9.13. The average Bonchev–Trinajstić information content (AvgIpc) is 2.34. The van der Waals surface area contributed by atoms with Crippen LogP contribution in [0.1, 0.15) is 5.56 Å². The van der Waals surface area contributed by atoms with E-state index in [1.807, 2.05) is 31.1 Å². The molecule has 0 fully saturated rings. The highest BCUT2D eigenvalue weighted by molar-refractivity contribution is 7.91. The zero-order valence-electron chi connectivity index (χ0n) is 10.8. The van der Waals surface area contributed by atoms with Crippen LogP contribution in [0, 0.1) is 0 Å². The zero-order valence-corrected chi connectivity index (χ0v) is 11.6. The maximum atomic E-state index is 12.0. The van der Waals surface area contributed by atoms with E-state index in [1.165, 1.54) is 6.08 Å². The number of nitrogens with zero attached hydrogens (tertiary/aromatic N) is 2. The molecule has 0 saturated heterocycles. The van der Waals surface area contributed by atoms with Crippen molar-refractivity contribution in [2.75, 3.05) is 19.0 Å². The summed E-state index contributed by atoms with van der Waals surface area (Å²) in [5.74, 6) is 0. The summed E-state index contributed by atoms with van der Waals surface area (Å²) >= 11 is 0. The number of halogens is 3. The van der Waals surface area contributed by atoms with Gasteiger partial charge in [0.2, 0.25) is 0 Å². The topological polar surface area (TPSA) is 49.7 Å². The molecule has 110 valence electrons. The lowest BCUT2D eigenvalue weighted by atomic mass is 10.2. The largest absolute Gasteiger partial charge is 0.518 e. The second-order valence-electron chi connectivity index (χ2n) is 4.02. The summed E-state index contributed by atoms with van der Waals surface area (Å²) in [6, 6.07) is 7.14. The van der Waals surface area contributed by atoms with Crippen LogP contribution in [0.25, 0.3) is 6.08 Å². The first kappa shape index (κ1) is 16.2. The van der Waals surface area contributed by atoms with Crippen molar-refractivity contribution >= 4 is 28.0 Å². The summed E-state index contributed by atoms with van der Waals surface area (Å²) in [6.07, 6.45) is 3.19. The molecule has 0 saturated carbocycles. The molecular weight excluding hydrogens is 293 g/mol. The molecule has 0 heterocycles. The third-order valence-corrected chi connectivity index (χ3v) is 3.26. The van der Waals surface area contributed by atoms with E-state index in [0.717, 1.165) is 11.8 Å². The zero-order chi connectivity index (χ0) is 15.4. The van der Waals surface area contributed by atoms with E-state index >= 15 is 0 Å². The van der Waals surface area contributed by atoms with Gasteiger partial charge in [-0.05, 0) is 23.8 Å². The van der Waals surface area contributed by atoms with Gasteiger partial charge in [0, 0.05) is 26.0 Å². The molecule has 0 spiro atoms. The molecule has 20 heavy (non-hydrogen) atoms. The Hall–Kier alpha value is -1.83. The molecule has 0 bridgehead atoms. The van der Waals surface area contributed by atoms with Gasteiger partial charge in [-0.25, -0.2) is 0 Å². The van der Waals surface area contributed by atoms with Gasteiger partial charge in [-0.3, -0.25) is 0 Å². The Bertz CT molecular complexity index is 603. The van der Waals surface area contributed by atoms with Crippen LogP contribution < -0.4 is 4.90 Å². The van der Waals surface area contributed by atoms with Crippen LogP contribution in [0.3, 0.4) is 0 Å². The van der Waals surface area contributed by atoms with Crippen molar-refractivity contribution in [1.29, 1.82) is 0 Å². The number of alkyl halides is 3. The Morgan fingerprint density at radius 3 is 2.15 bits per heavy atom. The smallest absolute Gasteiger partial charge is 0.378 e. The molecule has 1 aromatic carbocycles. The Labute approximate surface area is 115 Å². The lowest BCUT2D eigenvalue weighted by molar-refractivity contribution is -0.0435. The number of allylic oxidation sites excluding steroid dienone is 1. The molecule has 0 aliphatic heterocycles. The summed E-state index contributed by atoms with van der Waals surface area (Å²) < 4.78 is 59.7. The summed E-state index contributed by atoms with van der Waals surface area (Å²) in [7, 11) is -1.71. The van der Waals surface area contributed by atoms with Crippen LogP contribution in [0.15, 0.2) is 34.7 Å². The van der Waals surface area contributed by atoms with Gasteiger partial charge < -0.3 is 4.90 Å². The van der Waals surface area contributed by atoms with E-state index in [-0.39, 0.29) is 0 Å². The third kappa shape index (κ3) is 4.37. The van der Waals surface area contributed by atoms with Crippen molar-refractivity contribution in [3.63, 3.8) is 0 Å². The SMILES string of the molecule is CN(C)c1ccc(/C=C/C=N\S(=O)(=O)C(F)(F)F)cc1. The maximum Gasteiger partial charge on any atom is 0.518 e. The van der Waals surface area contributed by atoms with Crippen LogP contribution in [0.4, 0.5) is 18.9 Å². The highest BCUT2D eigenvalue weighted by atomic mass is 32.2. The minimum absolute atomic E-state index is 0.600. The predicted molar refractivity (Wildman–Crippen MR) is 73.3 cm³/mol. The standard InChI is InChI=1S/C12H13F3N2O2S/c1-17(2)11-7-5-10(6-8-11)4-3-9-16-20(18,19)12(13,14)15/h3-9H,1-2H3/b4-3+,16-9-. The van der Waals surface area contributed by atoms with Crippen LogP contribution in [0.5, 0.6) is 0 Å². The van der Waals surface area contributed by atoms with Gasteiger partial charge in [-0.15, -0.1) is 0 Å². The molecule has 0 amide bonds. The number of hydrogen-bond donors (Lipinski definition) is 0. The Balaban J connectivity index is 2.75. The highest BCUT2D eigenvalue weighted by Crippen LogP contribution is 2.24. The third-order valence-electron chi connectivity index (χ3n) is 2.28. The van der Waals surface area contributed by atoms with Crippen molar-refractivity contribution in [1.82, 2.24) is 0 Å². The Morgan fingerprint density at radius 2 is 1.70 bits per heavy atom. The summed E-state index contributed by atoms with van der Waals surface area (Å²) in [5.41, 5.74) is -3.69. The van der Waals surface area contributed by atoms with E-state index < -0.39 is 15.5 Å². The minimum atomic E-state index is -5.46. The van der Waals surface area contributed by atoms with E-state index in [0.29, 0.717) is 11.8 Å². The molecule has 0 aromatic heterocycles. The van der Waals surface area contributed by atoms with E-state index in [1.54, 1.807) is 12.1 Å². The Kier molecular flexibility index (Phi) is 4.93. The van der Waals surface area contributed by atoms with Crippen molar-refractivity contribution in [3.05, 3.63) is 35.9 Å². The first-order valence-electron chi connectivity index (χ1n) is 5.44. The predicted octanol–water partition coefficient (Wildman–Crippen LogP) is 2.69. The summed E-state index contributed by atoms with van der Waals surface area (Å²) in [6.45, 7) is 0. The summed E-state index contributed by atoms with van der Waals surface area (Å²) in [4.78, 5) is 1.89. The number of rotatable bonds is 4.